The van der Waals surface area contributed by atoms with Crippen molar-refractivity contribution in [2.24, 2.45) is 0 Å². The molecular weight excluding hydrogens is 318 g/mol. The molecule has 3 nitrogen and oxygen atoms in total. The van der Waals surface area contributed by atoms with Crippen molar-refractivity contribution in [1.29, 1.82) is 0 Å². The van der Waals surface area contributed by atoms with Gasteiger partial charge in [-0.1, -0.05) is 29.8 Å². The summed E-state index contributed by atoms with van der Waals surface area (Å²) < 4.78 is 5.70. The number of halogens is 1. The second kappa shape index (κ2) is 6.73. The fourth-order valence-electron chi connectivity index (χ4n) is 2.02. The molecule has 0 aliphatic carbocycles. The van der Waals surface area contributed by atoms with Crippen molar-refractivity contribution < 1.29 is 9.53 Å². The van der Waals surface area contributed by atoms with Crippen LogP contribution in [0.1, 0.15) is 10.4 Å². The minimum absolute atomic E-state index is 0.0372. The highest BCUT2D eigenvalue weighted by Gasteiger charge is 2.10. The van der Waals surface area contributed by atoms with Gasteiger partial charge in [0, 0.05) is 17.3 Å². The first-order valence-electron chi connectivity index (χ1n) is 6.63. The van der Waals surface area contributed by atoms with Crippen LogP contribution < -0.4 is 4.74 Å². The summed E-state index contributed by atoms with van der Waals surface area (Å²) in [5.74, 6) is 0.556. The van der Waals surface area contributed by atoms with Gasteiger partial charge in [-0.05, 0) is 40.6 Å². The lowest BCUT2D eigenvalue weighted by molar-refractivity contribution is 0.0921. The Labute approximate surface area is 137 Å². The summed E-state index contributed by atoms with van der Waals surface area (Å²) in [5.41, 5.74) is 2.55. The van der Waals surface area contributed by atoms with Crippen molar-refractivity contribution in [1.82, 2.24) is 4.98 Å². The Balaban J connectivity index is 1.74. The zero-order valence-electron chi connectivity index (χ0n) is 11.5. The van der Waals surface area contributed by atoms with Crippen molar-refractivity contribution >= 4 is 28.7 Å². The quantitative estimate of drug-likeness (QED) is 0.502. The summed E-state index contributed by atoms with van der Waals surface area (Å²) in [5, 5.41) is 4.42. The van der Waals surface area contributed by atoms with Gasteiger partial charge in [-0.15, -0.1) is 0 Å². The molecule has 3 aromatic rings. The largest absolute Gasteiger partial charge is 0.485 e. The fourth-order valence-corrected chi connectivity index (χ4v) is 2.78. The molecule has 3 rings (SSSR count). The number of hydrogen-bond donors (Lipinski definition) is 0. The smallest absolute Gasteiger partial charge is 0.201 e. The molecule has 0 spiro atoms. The number of hydrogen-bond acceptors (Lipinski definition) is 4. The Kier molecular flexibility index (Phi) is 4.51. The monoisotopic (exact) mass is 329 g/mol. The van der Waals surface area contributed by atoms with Gasteiger partial charge in [0.2, 0.25) is 5.78 Å². The van der Waals surface area contributed by atoms with Gasteiger partial charge in [-0.25, -0.2) is 4.98 Å². The van der Waals surface area contributed by atoms with Gasteiger partial charge in [0.25, 0.3) is 0 Å². The van der Waals surface area contributed by atoms with Gasteiger partial charge < -0.3 is 4.74 Å². The third-order valence-corrected chi connectivity index (χ3v) is 4.03. The zero-order chi connectivity index (χ0) is 15.4. The molecule has 0 atom stereocenters. The molecule has 0 radical (unpaired) electrons. The highest BCUT2D eigenvalue weighted by molar-refractivity contribution is 7.08. The average molecular weight is 330 g/mol. The highest BCUT2D eigenvalue weighted by atomic mass is 35.5. The maximum atomic E-state index is 12.1. The number of para-hydroxylation sites is 1. The molecule has 0 saturated carbocycles. The molecule has 2 heterocycles. The molecule has 2 aromatic heterocycles. The van der Waals surface area contributed by atoms with Crippen LogP contribution in [-0.4, -0.2) is 17.4 Å². The van der Waals surface area contributed by atoms with E-state index in [2.05, 4.69) is 4.98 Å². The number of ether oxygens (including phenoxy) is 1. The summed E-state index contributed by atoms with van der Waals surface area (Å²) in [6, 6.07) is 12.9. The van der Waals surface area contributed by atoms with Crippen molar-refractivity contribution in [2.45, 2.75) is 0 Å². The van der Waals surface area contributed by atoms with Gasteiger partial charge in [-0.2, -0.15) is 11.3 Å². The SMILES string of the molecule is O=C(COc1ccccc1-c1ccsc1)c1ccc(Cl)nc1. The second-order valence-electron chi connectivity index (χ2n) is 4.59. The third kappa shape index (κ3) is 3.35. The molecule has 0 bridgehead atoms. The molecular formula is C17H12ClNO2S. The van der Waals surface area contributed by atoms with Crippen LogP contribution in [0.4, 0.5) is 0 Å². The third-order valence-electron chi connectivity index (χ3n) is 3.13. The van der Waals surface area contributed by atoms with E-state index in [-0.39, 0.29) is 12.4 Å². The van der Waals surface area contributed by atoms with Crippen LogP contribution >= 0.6 is 22.9 Å². The first-order valence-corrected chi connectivity index (χ1v) is 7.95. The molecule has 1 aromatic carbocycles. The van der Waals surface area contributed by atoms with Crippen LogP contribution in [0.2, 0.25) is 5.15 Å². The zero-order valence-corrected chi connectivity index (χ0v) is 13.1. The minimum atomic E-state index is -0.135. The number of rotatable bonds is 5. The van der Waals surface area contributed by atoms with Crippen LogP contribution in [0.5, 0.6) is 5.75 Å². The van der Waals surface area contributed by atoms with E-state index in [1.54, 1.807) is 23.5 Å². The maximum absolute atomic E-state index is 12.1. The van der Waals surface area contributed by atoms with Crippen LogP contribution in [0.25, 0.3) is 11.1 Å². The van der Waals surface area contributed by atoms with E-state index in [1.807, 2.05) is 41.1 Å². The topological polar surface area (TPSA) is 39.2 Å². The molecule has 110 valence electrons. The van der Waals surface area contributed by atoms with Crippen molar-refractivity contribution in [3.05, 3.63) is 70.1 Å². The van der Waals surface area contributed by atoms with Gasteiger partial charge in [0.1, 0.15) is 10.9 Å². The Hall–Kier alpha value is -2.17. The van der Waals surface area contributed by atoms with Crippen molar-refractivity contribution in [3.63, 3.8) is 0 Å². The number of carbonyl (C=O) groups is 1. The van der Waals surface area contributed by atoms with Crippen molar-refractivity contribution in [2.75, 3.05) is 6.61 Å². The van der Waals surface area contributed by atoms with E-state index < -0.39 is 0 Å². The summed E-state index contributed by atoms with van der Waals surface area (Å²) in [6.45, 7) is -0.0372. The first kappa shape index (κ1) is 14.8. The highest BCUT2D eigenvalue weighted by Crippen LogP contribution is 2.31. The average Bonchev–Trinajstić information content (AvgIpc) is 3.08. The fraction of sp³-hybridized carbons (Fsp3) is 0.0588. The molecule has 0 amide bonds. The Morgan fingerprint density at radius 3 is 2.77 bits per heavy atom. The van der Waals surface area contributed by atoms with Gasteiger partial charge in [0.05, 0.1) is 0 Å². The molecule has 0 fully saturated rings. The van der Waals surface area contributed by atoms with E-state index >= 15 is 0 Å². The van der Waals surface area contributed by atoms with Crippen LogP contribution in [-0.2, 0) is 0 Å². The normalized spacial score (nSPS) is 10.4. The predicted octanol–water partition coefficient (Wildman–Crippen LogP) is 4.73. The van der Waals surface area contributed by atoms with Crippen LogP contribution in [0.3, 0.4) is 0 Å². The lowest BCUT2D eigenvalue weighted by Gasteiger charge is -2.10. The molecule has 0 aliphatic rings. The molecule has 5 heteroatoms. The van der Waals surface area contributed by atoms with Crippen LogP contribution in [0, 0.1) is 0 Å². The van der Waals surface area contributed by atoms with Gasteiger partial charge in [-0.3, -0.25) is 4.79 Å². The first-order chi connectivity index (χ1) is 10.7. The van der Waals surface area contributed by atoms with Gasteiger partial charge >= 0.3 is 0 Å². The number of nitrogens with zero attached hydrogens (tertiary/aromatic N) is 1. The summed E-state index contributed by atoms with van der Waals surface area (Å²) >= 11 is 7.34. The number of ketones is 1. The molecule has 22 heavy (non-hydrogen) atoms. The number of pyridine rings is 1. The second-order valence-corrected chi connectivity index (χ2v) is 5.76. The molecule has 0 aliphatic heterocycles. The van der Waals surface area contributed by atoms with E-state index in [4.69, 9.17) is 16.3 Å². The summed E-state index contributed by atoms with van der Waals surface area (Å²) in [6.07, 6.45) is 1.46. The Morgan fingerprint density at radius 1 is 1.18 bits per heavy atom. The van der Waals surface area contributed by atoms with E-state index in [9.17, 15) is 4.79 Å². The number of thiophene rings is 1. The number of aromatic nitrogens is 1. The Morgan fingerprint density at radius 2 is 2.05 bits per heavy atom. The standard InChI is InChI=1S/C17H12ClNO2S/c18-17-6-5-12(9-19-17)15(20)10-21-16-4-2-1-3-14(16)13-7-8-22-11-13/h1-9,11H,10H2. The predicted molar refractivity (Wildman–Crippen MR) is 88.8 cm³/mol. The lowest BCUT2D eigenvalue weighted by Crippen LogP contribution is -2.12. The minimum Gasteiger partial charge on any atom is -0.485 e. The Bertz CT molecular complexity index is 770. The number of Topliss-reactive ketones (excluding diaryl/α,β-unsaturated/α-hetero) is 1. The van der Waals surface area contributed by atoms with Gasteiger partial charge in [0.15, 0.2) is 6.61 Å². The number of carbonyl (C=O) groups excluding carboxylic acids is 1. The molecule has 0 saturated heterocycles. The maximum Gasteiger partial charge on any atom is 0.201 e. The summed E-state index contributed by atoms with van der Waals surface area (Å²) in [4.78, 5) is 16.0. The van der Waals surface area contributed by atoms with Crippen LogP contribution in [0.15, 0.2) is 59.4 Å². The molecule has 0 N–H and O–H groups in total. The van der Waals surface area contributed by atoms with E-state index in [0.717, 1.165) is 11.1 Å². The van der Waals surface area contributed by atoms with E-state index in [1.165, 1.54) is 6.20 Å². The lowest BCUT2D eigenvalue weighted by atomic mass is 10.1. The van der Waals surface area contributed by atoms with E-state index in [0.29, 0.717) is 16.5 Å². The number of benzene rings is 1. The van der Waals surface area contributed by atoms with Crippen molar-refractivity contribution in [3.8, 4) is 16.9 Å². The summed E-state index contributed by atoms with van der Waals surface area (Å²) in [7, 11) is 0. The molecule has 0 unspecified atom stereocenters.